The van der Waals surface area contributed by atoms with E-state index in [0.717, 1.165) is 12.0 Å². The highest BCUT2D eigenvalue weighted by Gasteiger charge is 2.11. The van der Waals surface area contributed by atoms with E-state index < -0.39 is 0 Å². The van der Waals surface area contributed by atoms with E-state index in [1.807, 2.05) is 38.1 Å². The molecular formula is C22H23ClN2O4S. The van der Waals surface area contributed by atoms with Crippen LogP contribution in [0.2, 0.25) is 5.02 Å². The number of benzene rings is 2. The fourth-order valence-electron chi connectivity index (χ4n) is 2.57. The Balaban J connectivity index is 1.57. The molecule has 0 aliphatic heterocycles. The van der Waals surface area contributed by atoms with E-state index in [9.17, 15) is 4.79 Å². The molecule has 3 rings (SSSR count). The summed E-state index contributed by atoms with van der Waals surface area (Å²) in [6.45, 7) is 6.02. The topological polar surface area (TPSA) is 69.7 Å². The molecule has 30 heavy (non-hydrogen) atoms. The largest absolute Gasteiger partial charge is 0.491 e. The second-order valence-corrected chi connectivity index (χ2v) is 8.15. The van der Waals surface area contributed by atoms with Gasteiger partial charge in [0.15, 0.2) is 0 Å². The molecule has 3 aromatic rings. The Kier molecular flexibility index (Phi) is 7.54. The third-order valence-electron chi connectivity index (χ3n) is 3.87. The van der Waals surface area contributed by atoms with Crippen LogP contribution in [-0.4, -0.2) is 23.5 Å². The van der Waals surface area contributed by atoms with Gasteiger partial charge in [-0.25, -0.2) is 4.98 Å². The number of rotatable bonds is 9. The Labute approximate surface area is 184 Å². The number of nitrogens with zero attached hydrogens (tertiary/aromatic N) is 1. The van der Waals surface area contributed by atoms with Gasteiger partial charge in [-0.05, 0) is 61.4 Å². The number of nitrogens with one attached hydrogen (secondary N) is 1. The molecule has 0 aliphatic carbocycles. The predicted molar refractivity (Wildman–Crippen MR) is 118 cm³/mol. The number of halogens is 1. The van der Waals surface area contributed by atoms with Crippen molar-refractivity contribution in [3.63, 3.8) is 0 Å². The second-order valence-electron chi connectivity index (χ2n) is 6.79. The van der Waals surface area contributed by atoms with Gasteiger partial charge in [0.1, 0.15) is 17.2 Å². The van der Waals surface area contributed by atoms with Crippen LogP contribution in [0.4, 0.5) is 0 Å². The molecule has 1 heterocycles. The van der Waals surface area contributed by atoms with Crippen molar-refractivity contribution in [2.24, 2.45) is 0 Å². The molecular weight excluding hydrogens is 424 g/mol. The number of carbonyl (C=O) groups is 1. The van der Waals surface area contributed by atoms with Crippen molar-refractivity contribution in [1.82, 2.24) is 10.3 Å². The van der Waals surface area contributed by atoms with Crippen molar-refractivity contribution in [3.8, 4) is 27.5 Å². The highest BCUT2D eigenvalue weighted by molar-refractivity contribution is 7.15. The summed E-state index contributed by atoms with van der Waals surface area (Å²) in [6.07, 6.45) is 2.44. The molecule has 0 radical (unpaired) electrons. The molecule has 8 heteroatoms. The molecule has 0 saturated heterocycles. The quantitative estimate of drug-likeness (QED) is 0.446. The second kappa shape index (κ2) is 10.3. The summed E-state index contributed by atoms with van der Waals surface area (Å²) in [5.41, 5.74) is 1.11. The van der Waals surface area contributed by atoms with Crippen LogP contribution in [0.25, 0.3) is 0 Å². The van der Waals surface area contributed by atoms with Gasteiger partial charge in [-0.3, -0.25) is 4.79 Å². The molecule has 6 nitrogen and oxygen atoms in total. The summed E-state index contributed by atoms with van der Waals surface area (Å²) in [7, 11) is 0. The lowest BCUT2D eigenvalue weighted by molar-refractivity contribution is -0.118. The van der Waals surface area contributed by atoms with Crippen molar-refractivity contribution < 1.29 is 19.0 Å². The Bertz CT molecular complexity index is 989. The zero-order chi connectivity index (χ0) is 21.5. The van der Waals surface area contributed by atoms with E-state index in [4.69, 9.17) is 25.8 Å². The Morgan fingerprint density at radius 2 is 1.87 bits per heavy atom. The normalized spacial score (nSPS) is 10.7. The summed E-state index contributed by atoms with van der Waals surface area (Å²) in [5.74, 6) is 1.85. The summed E-state index contributed by atoms with van der Waals surface area (Å²) >= 11 is 7.56. The first-order chi connectivity index (χ1) is 14.4. The molecule has 0 saturated carbocycles. The molecule has 0 aliphatic rings. The average Bonchev–Trinajstić information content (AvgIpc) is 3.11. The SMILES string of the molecule is CC(=O)NCCc1ccc(Oc2cnc(Oc3ccc(OC(C)C)cc3Cl)s2)cc1. The number of ether oxygens (including phenoxy) is 3. The maximum Gasteiger partial charge on any atom is 0.282 e. The van der Waals surface area contributed by atoms with Crippen LogP contribution in [-0.2, 0) is 11.2 Å². The van der Waals surface area contributed by atoms with Crippen molar-refractivity contribution in [3.05, 3.63) is 59.2 Å². The molecule has 1 aromatic heterocycles. The molecule has 0 unspecified atom stereocenters. The van der Waals surface area contributed by atoms with Crippen LogP contribution in [0.1, 0.15) is 26.3 Å². The van der Waals surface area contributed by atoms with Crippen LogP contribution in [0.15, 0.2) is 48.7 Å². The smallest absolute Gasteiger partial charge is 0.282 e. The zero-order valence-electron chi connectivity index (χ0n) is 17.0. The highest BCUT2D eigenvalue weighted by atomic mass is 35.5. The summed E-state index contributed by atoms with van der Waals surface area (Å²) in [6, 6.07) is 13.0. The number of hydrogen-bond acceptors (Lipinski definition) is 6. The first-order valence-electron chi connectivity index (χ1n) is 9.50. The number of hydrogen-bond donors (Lipinski definition) is 1. The van der Waals surface area contributed by atoms with Crippen LogP contribution in [0.3, 0.4) is 0 Å². The maximum atomic E-state index is 10.9. The van der Waals surface area contributed by atoms with Gasteiger partial charge in [-0.2, -0.15) is 0 Å². The standard InChI is InChI=1S/C22H23ClN2O4S/c1-14(2)27-18-8-9-20(19(23)12-18)29-22-25-13-21(30-22)28-17-6-4-16(5-7-17)10-11-24-15(3)26/h4-9,12-14H,10-11H2,1-3H3,(H,24,26). The van der Waals surface area contributed by atoms with Crippen molar-refractivity contribution in [2.75, 3.05) is 6.54 Å². The lowest BCUT2D eigenvalue weighted by Gasteiger charge is -2.11. The number of carbonyl (C=O) groups excluding carboxylic acids is 1. The fraction of sp³-hybridized carbons (Fsp3) is 0.273. The lowest BCUT2D eigenvalue weighted by atomic mass is 10.1. The van der Waals surface area contributed by atoms with Gasteiger partial charge < -0.3 is 19.5 Å². The van der Waals surface area contributed by atoms with E-state index in [1.165, 1.54) is 18.3 Å². The summed E-state index contributed by atoms with van der Waals surface area (Å²) in [5, 5.41) is 4.26. The Morgan fingerprint density at radius 1 is 1.13 bits per heavy atom. The highest BCUT2D eigenvalue weighted by Crippen LogP contribution is 2.37. The summed E-state index contributed by atoms with van der Waals surface area (Å²) < 4.78 is 17.2. The van der Waals surface area contributed by atoms with E-state index in [1.54, 1.807) is 24.4 Å². The van der Waals surface area contributed by atoms with Crippen LogP contribution in [0.5, 0.6) is 27.5 Å². The first kappa shape index (κ1) is 21.9. The third kappa shape index (κ3) is 6.64. The van der Waals surface area contributed by atoms with Crippen LogP contribution >= 0.6 is 22.9 Å². The van der Waals surface area contributed by atoms with Gasteiger partial charge in [0.25, 0.3) is 5.19 Å². The van der Waals surface area contributed by atoms with Gasteiger partial charge in [0.2, 0.25) is 11.0 Å². The zero-order valence-corrected chi connectivity index (χ0v) is 18.5. The lowest BCUT2D eigenvalue weighted by Crippen LogP contribution is -2.22. The van der Waals surface area contributed by atoms with Gasteiger partial charge in [-0.1, -0.05) is 23.7 Å². The molecule has 158 valence electrons. The van der Waals surface area contributed by atoms with Crippen molar-refractivity contribution in [2.45, 2.75) is 33.3 Å². The van der Waals surface area contributed by atoms with E-state index in [0.29, 0.717) is 39.1 Å². The van der Waals surface area contributed by atoms with E-state index >= 15 is 0 Å². The first-order valence-corrected chi connectivity index (χ1v) is 10.7. The molecule has 2 aromatic carbocycles. The van der Waals surface area contributed by atoms with Gasteiger partial charge in [-0.15, -0.1) is 0 Å². The Morgan fingerprint density at radius 3 is 2.53 bits per heavy atom. The molecule has 0 spiro atoms. The van der Waals surface area contributed by atoms with Crippen LogP contribution in [0, 0.1) is 0 Å². The van der Waals surface area contributed by atoms with Gasteiger partial charge >= 0.3 is 0 Å². The van der Waals surface area contributed by atoms with Gasteiger partial charge in [0, 0.05) is 19.5 Å². The Hall–Kier alpha value is -2.77. The number of amides is 1. The van der Waals surface area contributed by atoms with Crippen LogP contribution < -0.4 is 19.5 Å². The molecule has 0 atom stereocenters. The monoisotopic (exact) mass is 446 g/mol. The van der Waals surface area contributed by atoms with E-state index in [-0.39, 0.29) is 12.0 Å². The molecule has 1 N–H and O–H groups in total. The molecule has 1 amide bonds. The van der Waals surface area contributed by atoms with Gasteiger partial charge in [0.05, 0.1) is 17.3 Å². The van der Waals surface area contributed by atoms with Crippen molar-refractivity contribution in [1.29, 1.82) is 0 Å². The predicted octanol–water partition coefficient (Wildman–Crippen LogP) is 5.85. The minimum absolute atomic E-state index is 0.0284. The number of thiazole rings is 1. The van der Waals surface area contributed by atoms with E-state index in [2.05, 4.69) is 10.3 Å². The maximum absolute atomic E-state index is 10.9. The third-order valence-corrected chi connectivity index (χ3v) is 4.91. The summed E-state index contributed by atoms with van der Waals surface area (Å²) in [4.78, 5) is 15.2. The minimum atomic E-state index is -0.0284. The molecule has 0 bridgehead atoms. The average molecular weight is 447 g/mol. The molecule has 0 fully saturated rings. The number of aromatic nitrogens is 1. The minimum Gasteiger partial charge on any atom is -0.491 e. The van der Waals surface area contributed by atoms with Crippen molar-refractivity contribution >= 4 is 28.8 Å². The fourth-order valence-corrected chi connectivity index (χ4v) is 3.43.